The molecular weight excluding hydrogens is 340 g/mol. The quantitative estimate of drug-likeness (QED) is 0.817. The molecule has 0 atom stereocenters. The van der Waals surface area contributed by atoms with Gasteiger partial charge in [0.1, 0.15) is 12.4 Å². The summed E-state index contributed by atoms with van der Waals surface area (Å²) in [5, 5.41) is 0. The number of aryl methyl sites for hydroxylation is 1. The van der Waals surface area contributed by atoms with Crippen LogP contribution in [0.25, 0.3) is 0 Å². The summed E-state index contributed by atoms with van der Waals surface area (Å²) >= 11 is 0. The molecule has 0 fully saturated rings. The molecule has 0 N–H and O–H groups in total. The number of fused-ring (bicyclic) bond motifs is 1. The first-order valence-corrected chi connectivity index (χ1v) is 9.29. The number of nitrogens with zero attached hydrogens (tertiary/aromatic N) is 2. The predicted molar refractivity (Wildman–Crippen MR) is 105 cm³/mol. The molecule has 1 heterocycles. The normalized spacial score (nSPS) is 13.3. The summed E-state index contributed by atoms with van der Waals surface area (Å²) in [5.41, 5.74) is 3.11. The van der Waals surface area contributed by atoms with Crippen LogP contribution in [-0.2, 0) is 29.0 Å². The summed E-state index contributed by atoms with van der Waals surface area (Å²) in [6.07, 6.45) is 1.55. The molecule has 1 aliphatic rings. The molecule has 142 valence electrons. The van der Waals surface area contributed by atoms with Crippen LogP contribution in [0.4, 0.5) is 0 Å². The minimum absolute atomic E-state index is 0.103. The highest BCUT2D eigenvalue weighted by molar-refractivity contribution is 5.79. The fourth-order valence-corrected chi connectivity index (χ4v) is 3.17. The van der Waals surface area contributed by atoms with Gasteiger partial charge in [0.25, 0.3) is 0 Å². The summed E-state index contributed by atoms with van der Waals surface area (Å²) in [6, 6.07) is 15.8. The summed E-state index contributed by atoms with van der Waals surface area (Å²) in [7, 11) is 3.53. The predicted octanol–water partition coefficient (Wildman–Crippen LogP) is 2.67. The van der Waals surface area contributed by atoms with E-state index in [0.29, 0.717) is 39.0 Å². The summed E-state index contributed by atoms with van der Waals surface area (Å²) in [6.45, 7) is 1.61. The van der Waals surface area contributed by atoms with Crippen molar-refractivity contribution in [3.63, 3.8) is 0 Å². The van der Waals surface area contributed by atoms with Crippen molar-refractivity contribution in [1.82, 2.24) is 9.80 Å². The largest absolute Gasteiger partial charge is 0.491 e. The molecule has 2 aromatic carbocycles. The van der Waals surface area contributed by atoms with E-state index in [1.807, 2.05) is 47.4 Å². The maximum Gasteiger partial charge on any atom is 0.227 e. The van der Waals surface area contributed by atoms with Crippen molar-refractivity contribution in [2.24, 2.45) is 0 Å². The average Bonchev–Trinajstić information content (AvgIpc) is 2.88. The second-order valence-corrected chi connectivity index (χ2v) is 7.06. The highest BCUT2D eigenvalue weighted by Crippen LogP contribution is 2.25. The van der Waals surface area contributed by atoms with Gasteiger partial charge in [-0.2, -0.15) is 0 Å². The molecule has 0 aromatic heterocycles. The topological polar surface area (TPSA) is 49.9 Å². The van der Waals surface area contributed by atoms with Crippen molar-refractivity contribution in [2.75, 3.05) is 27.2 Å². The van der Waals surface area contributed by atoms with Gasteiger partial charge in [-0.05, 0) is 23.6 Å². The number of carbonyl (C=O) groups excluding carboxylic acids is 2. The van der Waals surface area contributed by atoms with Crippen molar-refractivity contribution in [3.8, 4) is 5.75 Å². The van der Waals surface area contributed by atoms with E-state index in [1.54, 1.807) is 19.0 Å². The zero-order chi connectivity index (χ0) is 19.2. The van der Waals surface area contributed by atoms with Crippen molar-refractivity contribution < 1.29 is 14.3 Å². The second-order valence-electron chi connectivity index (χ2n) is 7.06. The van der Waals surface area contributed by atoms with Crippen LogP contribution < -0.4 is 4.74 Å². The first kappa shape index (κ1) is 19.0. The molecular formula is C22H26N2O3. The smallest absolute Gasteiger partial charge is 0.227 e. The van der Waals surface area contributed by atoms with E-state index >= 15 is 0 Å². The van der Waals surface area contributed by atoms with Gasteiger partial charge in [0.2, 0.25) is 11.8 Å². The lowest BCUT2D eigenvalue weighted by molar-refractivity contribution is -0.131. The van der Waals surface area contributed by atoms with E-state index < -0.39 is 0 Å². The van der Waals surface area contributed by atoms with Crippen molar-refractivity contribution in [1.29, 1.82) is 0 Å². The van der Waals surface area contributed by atoms with Crippen LogP contribution in [0.2, 0.25) is 0 Å². The van der Waals surface area contributed by atoms with E-state index in [-0.39, 0.29) is 11.8 Å². The number of carbonyl (C=O) groups is 2. The van der Waals surface area contributed by atoms with Gasteiger partial charge in [0.15, 0.2) is 0 Å². The fraction of sp³-hybridized carbons (Fsp3) is 0.364. The second kappa shape index (κ2) is 8.71. The Kier molecular flexibility index (Phi) is 6.12. The van der Waals surface area contributed by atoms with Gasteiger partial charge in [0.05, 0.1) is 13.0 Å². The minimum Gasteiger partial charge on any atom is -0.491 e. The molecule has 0 spiro atoms. The molecule has 0 bridgehead atoms. The maximum absolute atomic E-state index is 12.7. The summed E-state index contributed by atoms with van der Waals surface area (Å²) in [5.74, 6) is 1.04. The third-order valence-electron chi connectivity index (χ3n) is 4.78. The maximum atomic E-state index is 12.7. The van der Waals surface area contributed by atoms with Gasteiger partial charge >= 0.3 is 0 Å². The third kappa shape index (κ3) is 5.09. The molecule has 0 radical (unpaired) electrons. The zero-order valence-electron chi connectivity index (χ0n) is 16.0. The molecule has 2 aromatic rings. The monoisotopic (exact) mass is 366 g/mol. The molecule has 5 heteroatoms. The van der Waals surface area contributed by atoms with E-state index in [0.717, 1.165) is 22.4 Å². The number of ether oxygens (including phenoxy) is 1. The number of amides is 2. The van der Waals surface area contributed by atoms with E-state index in [4.69, 9.17) is 4.74 Å². The first-order valence-electron chi connectivity index (χ1n) is 9.29. The van der Waals surface area contributed by atoms with E-state index in [1.165, 1.54) is 0 Å². The number of benzene rings is 2. The summed E-state index contributed by atoms with van der Waals surface area (Å²) in [4.78, 5) is 28.0. The lowest BCUT2D eigenvalue weighted by atomic mass is 10.0. The van der Waals surface area contributed by atoms with Gasteiger partial charge in [-0.15, -0.1) is 0 Å². The van der Waals surface area contributed by atoms with Crippen LogP contribution in [0.5, 0.6) is 5.75 Å². The van der Waals surface area contributed by atoms with Crippen LogP contribution in [0, 0.1) is 0 Å². The van der Waals surface area contributed by atoms with Crippen molar-refractivity contribution in [2.45, 2.75) is 25.8 Å². The Morgan fingerprint density at radius 1 is 1.07 bits per heavy atom. The number of hydrogen-bond donors (Lipinski definition) is 0. The Morgan fingerprint density at radius 2 is 1.85 bits per heavy atom. The van der Waals surface area contributed by atoms with Gasteiger partial charge in [0, 0.05) is 32.6 Å². The Balaban J connectivity index is 1.68. The van der Waals surface area contributed by atoms with Crippen LogP contribution in [-0.4, -0.2) is 48.9 Å². The van der Waals surface area contributed by atoms with Gasteiger partial charge in [-0.3, -0.25) is 9.59 Å². The average molecular weight is 366 g/mol. The molecule has 0 saturated heterocycles. The molecule has 2 amide bonds. The lowest BCUT2D eigenvalue weighted by Gasteiger charge is -2.20. The molecule has 0 aliphatic carbocycles. The Bertz CT molecular complexity index is 802. The van der Waals surface area contributed by atoms with Gasteiger partial charge in [-0.1, -0.05) is 42.5 Å². The minimum atomic E-state index is 0.103. The lowest BCUT2D eigenvalue weighted by Crippen LogP contribution is -2.33. The standard InChI is InChI=1S/C22H26N2O3/c1-23(2)21(25)11-9-18-8-10-20-19(14-18)16-24(12-13-27-20)22(26)15-17-6-4-3-5-7-17/h3-8,10,14H,9,11-13,15-16H2,1-2H3. The van der Waals surface area contributed by atoms with Crippen LogP contribution in [0.1, 0.15) is 23.1 Å². The number of hydrogen-bond acceptors (Lipinski definition) is 3. The molecule has 27 heavy (non-hydrogen) atoms. The fourth-order valence-electron chi connectivity index (χ4n) is 3.17. The highest BCUT2D eigenvalue weighted by atomic mass is 16.5. The Hall–Kier alpha value is -2.82. The molecule has 0 saturated carbocycles. The van der Waals surface area contributed by atoms with E-state index in [9.17, 15) is 9.59 Å². The van der Waals surface area contributed by atoms with Gasteiger partial charge < -0.3 is 14.5 Å². The van der Waals surface area contributed by atoms with Crippen LogP contribution in [0.15, 0.2) is 48.5 Å². The highest BCUT2D eigenvalue weighted by Gasteiger charge is 2.20. The number of rotatable bonds is 5. The van der Waals surface area contributed by atoms with Crippen LogP contribution >= 0.6 is 0 Å². The first-order chi connectivity index (χ1) is 13.0. The Labute approximate surface area is 160 Å². The zero-order valence-corrected chi connectivity index (χ0v) is 16.0. The molecule has 0 unspecified atom stereocenters. The summed E-state index contributed by atoms with van der Waals surface area (Å²) < 4.78 is 5.83. The molecule has 5 nitrogen and oxygen atoms in total. The molecule has 1 aliphatic heterocycles. The van der Waals surface area contributed by atoms with Crippen molar-refractivity contribution >= 4 is 11.8 Å². The molecule has 3 rings (SSSR count). The van der Waals surface area contributed by atoms with Crippen molar-refractivity contribution in [3.05, 3.63) is 65.2 Å². The van der Waals surface area contributed by atoms with E-state index in [2.05, 4.69) is 6.07 Å². The third-order valence-corrected chi connectivity index (χ3v) is 4.78. The Morgan fingerprint density at radius 3 is 2.59 bits per heavy atom. The van der Waals surface area contributed by atoms with Crippen LogP contribution in [0.3, 0.4) is 0 Å². The SMILES string of the molecule is CN(C)C(=O)CCc1ccc2c(c1)CN(C(=O)Cc1ccccc1)CCO2. The van der Waals surface area contributed by atoms with Gasteiger partial charge in [-0.25, -0.2) is 0 Å².